The summed E-state index contributed by atoms with van der Waals surface area (Å²) in [6, 6.07) is 12.9. The number of benzene rings is 2. The zero-order chi connectivity index (χ0) is 17.3. The summed E-state index contributed by atoms with van der Waals surface area (Å²) in [5.74, 6) is -0.545. The smallest absolute Gasteiger partial charge is 0.148 e. The fourth-order valence-electron chi connectivity index (χ4n) is 2.71. The van der Waals surface area contributed by atoms with E-state index < -0.39 is 22.9 Å². The second kappa shape index (κ2) is 6.58. The van der Waals surface area contributed by atoms with E-state index in [4.69, 9.17) is 5.73 Å². The van der Waals surface area contributed by atoms with Crippen molar-refractivity contribution in [1.82, 2.24) is 0 Å². The Balaban J connectivity index is 2.03. The number of halogens is 1. The highest BCUT2D eigenvalue weighted by Crippen LogP contribution is 2.64. The number of hydrogen-bond acceptors (Lipinski definition) is 6. The predicted octanol–water partition coefficient (Wildman–Crippen LogP) is 3.07. The predicted molar refractivity (Wildman–Crippen MR) is 94.9 cm³/mol. The van der Waals surface area contributed by atoms with Crippen LogP contribution in [0.2, 0.25) is 0 Å². The standard InChI is InChI=1S/C16H20FN3O3S/c17-13-5-1-2-6-14(13)20-16-8-4-3-7-15(16)19(24(20,22)23)10-9-12(21)11-18/h1-8,12,21-23H,9-11,18H2/t12-/m0/s1. The molecule has 130 valence electrons. The highest BCUT2D eigenvalue weighted by molar-refractivity contribution is 8.27. The lowest BCUT2D eigenvalue weighted by molar-refractivity contribution is 0.175. The molecule has 8 heteroatoms. The summed E-state index contributed by atoms with van der Waals surface area (Å²) in [5.41, 5.74) is 6.58. The van der Waals surface area contributed by atoms with Gasteiger partial charge in [-0.05, 0) is 41.6 Å². The number of fused-ring (bicyclic) bond motifs is 1. The minimum absolute atomic E-state index is 0.0890. The number of rotatable bonds is 5. The van der Waals surface area contributed by atoms with Crippen molar-refractivity contribution >= 4 is 28.0 Å². The molecule has 0 fully saturated rings. The maximum atomic E-state index is 14.2. The Morgan fingerprint density at radius 2 is 1.58 bits per heavy atom. The SMILES string of the molecule is NC[C@@H](O)CCN1c2ccccc2N(c2ccccc2F)S1(O)O. The average Bonchev–Trinajstić information content (AvgIpc) is 2.79. The third kappa shape index (κ3) is 2.83. The topological polar surface area (TPSA) is 93.2 Å². The fourth-order valence-corrected chi connectivity index (χ4v) is 4.51. The van der Waals surface area contributed by atoms with Crippen molar-refractivity contribution in [2.45, 2.75) is 12.5 Å². The zero-order valence-corrected chi connectivity index (χ0v) is 13.7. The van der Waals surface area contributed by atoms with Gasteiger partial charge < -0.3 is 10.8 Å². The molecule has 0 aromatic heterocycles. The third-order valence-corrected chi connectivity index (χ3v) is 5.77. The van der Waals surface area contributed by atoms with Crippen LogP contribution >= 0.6 is 11.0 Å². The quantitative estimate of drug-likeness (QED) is 0.660. The molecule has 3 rings (SSSR count). The molecule has 0 saturated carbocycles. The van der Waals surface area contributed by atoms with Crippen LogP contribution in [-0.2, 0) is 0 Å². The summed E-state index contributed by atoms with van der Waals surface area (Å²) < 4.78 is 38.5. The molecule has 1 aliphatic heterocycles. The lowest BCUT2D eigenvalue weighted by Gasteiger charge is -2.44. The molecule has 1 aliphatic rings. The first-order valence-corrected chi connectivity index (χ1v) is 9.00. The molecule has 0 saturated heterocycles. The van der Waals surface area contributed by atoms with Crippen LogP contribution in [0, 0.1) is 5.82 Å². The van der Waals surface area contributed by atoms with Crippen LogP contribution in [0.5, 0.6) is 0 Å². The zero-order valence-electron chi connectivity index (χ0n) is 12.9. The fraction of sp³-hybridized carbons (Fsp3) is 0.250. The Hall–Kier alpha value is -1.84. The summed E-state index contributed by atoms with van der Waals surface area (Å²) >= 11 is 0. The van der Waals surface area contributed by atoms with Gasteiger partial charge in [0, 0.05) is 13.1 Å². The van der Waals surface area contributed by atoms with Crippen molar-refractivity contribution in [2.75, 3.05) is 21.7 Å². The van der Waals surface area contributed by atoms with E-state index in [0.29, 0.717) is 11.4 Å². The van der Waals surface area contributed by atoms with Crippen LogP contribution in [-0.4, -0.2) is 33.4 Å². The first kappa shape index (κ1) is 17.0. The van der Waals surface area contributed by atoms with Crippen molar-refractivity contribution < 1.29 is 18.6 Å². The highest BCUT2D eigenvalue weighted by atomic mass is 32.3. The Bertz CT molecular complexity index is 731. The van der Waals surface area contributed by atoms with E-state index in [1.807, 2.05) is 0 Å². The van der Waals surface area contributed by atoms with E-state index >= 15 is 0 Å². The maximum Gasteiger partial charge on any atom is 0.148 e. The summed E-state index contributed by atoms with van der Waals surface area (Å²) in [4.78, 5) is 0. The van der Waals surface area contributed by atoms with Crippen LogP contribution < -0.4 is 14.3 Å². The monoisotopic (exact) mass is 353 g/mol. The van der Waals surface area contributed by atoms with Gasteiger partial charge in [0.05, 0.1) is 17.5 Å². The molecule has 0 unspecified atom stereocenters. The van der Waals surface area contributed by atoms with Crippen LogP contribution in [0.15, 0.2) is 48.5 Å². The molecule has 24 heavy (non-hydrogen) atoms. The van der Waals surface area contributed by atoms with Gasteiger partial charge in [0.1, 0.15) is 11.5 Å². The van der Waals surface area contributed by atoms with E-state index in [2.05, 4.69) is 0 Å². The summed E-state index contributed by atoms with van der Waals surface area (Å²) in [6.07, 6.45) is -0.471. The lowest BCUT2D eigenvalue weighted by Crippen LogP contribution is -2.34. The third-order valence-electron chi connectivity index (χ3n) is 3.92. The van der Waals surface area contributed by atoms with Crippen molar-refractivity contribution in [2.24, 2.45) is 5.73 Å². The molecular formula is C16H20FN3O3S. The van der Waals surface area contributed by atoms with Crippen molar-refractivity contribution in [1.29, 1.82) is 0 Å². The highest BCUT2D eigenvalue weighted by Gasteiger charge is 2.42. The Labute approximate surface area is 141 Å². The van der Waals surface area contributed by atoms with Crippen LogP contribution in [0.1, 0.15) is 6.42 Å². The van der Waals surface area contributed by atoms with Crippen LogP contribution in [0.3, 0.4) is 0 Å². The minimum atomic E-state index is -3.49. The Morgan fingerprint density at radius 1 is 1.00 bits per heavy atom. The van der Waals surface area contributed by atoms with Gasteiger partial charge in [-0.3, -0.25) is 13.4 Å². The van der Waals surface area contributed by atoms with Gasteiger partial charge in [0.25, 0.3) is 0 Å². The Kier molecular flexibility index (Phi) is 4.66. The number of aliphatic hydroxyl groups excluding tert-OH is 1. The van der Waals surface area contributed by atoms with Crippen LogP contribution in [0.4, 0.5) is 21.5 Å². The van der Waals surface area contributed by atoms with Gasteiger partial charge in [0.2, 0.25) is 0 Å². The number of nitrogens with two attached hydrogens (primary N) is 1. The Morgan fingerprint density at radius 3 is 2.21 bits per heavy atom. The molecule has 0 spiro atoms. The molecule has 0 bridgehead atoms. The minimum Gasteiger partial charge on any atom is -0.392 e. The van der Waals surface area contributed by atoms with Gasteiger partial charge in [0.15, 0.2) is 0 Å². The molecule has 2 aromatic rings. The normalized spacial score (nSPS) is 18.4. The largest absolute Gasteiger partial charge is 0.392 e. The molecule has 0 aliphatic carbocycles. The molecular weight excluding hydrogens is 333 g/mol. The average molecular weight is 353 g/mol. The number of anilines is 3. The van der Waals surface area contributed by atoms with Crippen molar-refractivity contribution in [3.05, 3.63) is 54.3 Å². The van der Waals surface area contributed by atoms with Gasteiger partial charge in [-0.15, -0.1) is 0 Å². The first-order valence-electron chi connectivity index (χ1n) is 7.54. The van der Waals surface area contributed by atoms with Gasteiger partial charge in [-0.1, -0.05) is 24.3 Å². The van der Waals surface area contributed by atoms with Crippen molar-refractivity contribution in [3.63, 3.8) is 0 Å². The molecule has 6 nitrogen and oxygen atoms in total. The van der Waals surface area contributed by atoms with E-state index in [1.54, 1.807) is 36.4 Å². The van der Waals surface area contributed by atoms with E-state index in [-0.39, 0.29) is 25.2 Å². The maximum absolute atomic E-state index is 14.2. The molecule has 0 radical (unpaired) electrons. The number of aliphatic hydroxyl groups is 1. The second-order valence-corrected chi connectivity index (χ2v) is 7.29. The lowest BCUT2D eigenvalue weighted by atomic mass is 10.2. The summed E-state index contributed by atoms with van der Waals surface area (Å²) in [5, 5.41) is 9.68. The molecule has 1 heterocycles. The molecule has 0 amide bonds. The van der Waals surface area contributed by atoms with Crippen LogP contribution in [0.25, 0.3) is 0 Å². The number of nitrogens with zero attached hydrogens (tertiary/aromatic N) is 2. The molecule has 5 N–H and O–H groups in total. The molecule has 2 aromatic carbocycles. The summed E-state index contributed by atoms with van der Waals surface area (Å²) in [6.45, 7) is 0.272. The van der Waals surface area contributed by atoms with E-state index in [9.17, 15) is 18.6 Å². The van der Waals surface area contributed by atoms with Gasteiger partial charge in [-0.2, -0.15) is 0 Å². The van der Waals surface area contributed by atoms with Gasteiger partial charge >= 0.3 is 0 Å². The number of hydrogen-bond donors (Lipinski definition) is 4. The van der Waals surface area contributed by atoms with Crippen molar-refractivity contribution in [3.8, 4) is 0 Å². The number of para-hydroxylation sites is 3. The van der Waals surface area contributed by atoms with E-state index in [1.165, 1.54) is 20.7 Å². The molecule has 1 atom stereocenters. The second-order valence-electron chi connectivity index (χ2n) is 5.50. The first-order chi connectivity index (χ1) is 11.5. The van der Waals surface area contributed by atoms with Gasteiger partial charge in [-0.25, -0.2) is 8.70 Å². The van der Waals surface area contributed by atoms with E-state index in [0.717, 1.165) is 0 Å². The summed E-state index contributed by atoms with van der Waals surface area (Å²) in [7, 11) is -3.49.